The van der Waals surface area contributed by atoms with Crippen LogP contribution in [0.4, 0.5) is 0 Å². The van der Waals surface area contributed by atoms with Gasteiger partial charge in [0.15, 0.2) is 6.61 Å². The minimum atomic E-state index is -0.334. The number of hydrazone groups is 1. The Morgan fingerprint density at radius 2 is 1.96 bits per heavy atom. The molecule has 2 fully saturated rings. The van der Waals surface area contributed by atoms with Crippen LogP contribution in [-0.2, 0) is 4.79 Å². The minimum absolute atomic E-state index is 0.189. The highest BCUT2D eigenvalue weighted by atomic mass is 35.5. The summed E-state index contributed by atoms with van der Waals surface area (Å²) in [7, 11) is 0. The zero-order chi connectivity index (χ0) is 17.3. The average Bonchev–Trinajstić information content (AvgIpc) is 3.17. The standard InChI is InChI=1S/C17H19Cl3N2O2/c1-9(12-5-10-2-3-11(12)4-10)21-22-17(23)8-24-16-7-14(19)13(18)6-15(16)20/h6-7,10-12H,2-5,8H2,1H3,(H,22,23)/b21-9+. The largest absolute Gasteiger partial charge is 0.482 e. The molecule has 0 spiro atoms. The summed E-state index contributed by atoms with van der Waals surface area (Å²) in [5.41, 5.74) is 3.56. The van der Waals surface area contributed by atoms with E-state index in [1.54, 1.807) is 0 Å². The van der Waals surface area contributed by atoms with Gasteiger partial charge in [-0.1, -0.05) is 41.2 Å². The molecule has 1 amide bonds. The highest BCUT2D eigenvalue weighted by Gasteiger charge is 2.40. The summed E-state index contributed by atoms with van der Waals surface area (Å²) in [6, 6.07) is 2.97. The number of hydrogen-bond donors (Lipinski definition) is 1. The first-order valence-electron chi connectivity index (χ1n) is 8.04. The maximum Gasteiger partial charge on any atom is 0.277 e. The Bertz CT molecular complexity index is 678. The number of ether oxygens (including phenoxy) is 1. The van der Waals surface area contributed by atoms with Gasteiger partial charge in [0.05, 0.1) is 15.1 Å². The molecule has 2 saturated carbocycles. The lowest BCUT2D eigenvalue weighted by molar-refractivity contribution is -0.123. The Kier molecular flexibility index (Phi) is 5.58. The molecule has 24 heavy (non-hydrogen) atoms. The molecule has 1 N–H and O–H groups in total. The Balaban J connectivity index is 1.51. The van der Waals surface area contributed by atoms with Crippen LogP contribution in [0.5, 0.6) is 5.75 Å². The lowest BCUT2D eigenvalue weighted by atomic mass is 9.86. The highest BCUT2D eigenvalue weighted by molar-refractivity contribution is 6.43. The van der Waals surface area contributed by atoms with E-state index in [0.29, 0.717) is 26.7 Å². The van der Waals surface area contributed by atoms with Crippen LogP contribution in [0.2, 0.25) is 15.1 Å². The molecular weight excluding hydrogens is 371 g/mol. The van der Waals surface area contributed by atoms with Crippen LogP contribution >= 0.6 is 34.8 Å². The van der Waals surface area contributed by atoms with Gasteiger partial charge in [-0.25, -0.2) is 5.43 Å². The van der Waals surface area contributed by atoms with E-state index in [2.05, 4.69) is 10.5 Å². The van der Waals surface area contributed by atoms with Gasteiger partial charge in [0.25, 0.3) is 5.91 Å². The molecule has 0 radical (unpaired) electrons. The molecule has 1 aromatic rings. The quantitative estimate of drug-likeness (QED) is 0.440. The summed E-state index contributed by atoms with van der Waals surface area (Å²) < 4.78 is 5.39. The van der Waals surface area contributed by atoms with Gasteiger partial charge in [-0.15, -0.1) is 0 Å². The van der Waals surface area contributed by atoms with Crippen molar-refractivity contribution in [3.8, 4) is 5.75 Å². The number of amides is 1. The highest BCUT2D eigenvalue weighted by Crippen LogP contribution is 2.48. The van der Waals surface area contributed by atoms with E-state index in [9.17, 15) is 4.79 Å². The SMILES string of the molecule is C/C(=N\NC(=O)COc1cc(Cl)c(Cl)cc1Cl)C1CC2CCC1C2. The summed E-state index contributed by atoms with van der Waals surface area (Å²) in [6.07, 6.45) is 5.14. The van der Waals surface area contributed by atoms with Crippen LogP contribution in [0.25, 0.3) is 0 Å². The molecule has 130 valence electrons. The summed E-state index contributed by atoms with van der Waals surface area (Å²) in [4.78, 5) is 11.9. The molecule has 3 rings (SSSR count). The predicted molar refractivity (Wildman–Crippen MR) is 97.2 cm³/mol. The maximum absolute atomic E-state index is 11.9. The first kappa shape index (κ1) is 17.8. The Morgan fingerprint density at radius 3 is 2.62 bits per heavy atom. The third-order valence-corrected chi connectivity index (χ3v) is 5.98. The number of carbonyl (C=O) groups is 1. The van der Waals surface area contributed by atoms with Crippen molar-refractivity contribution < 1.29 is 9.53 Å². The van der Waals surface area contributed by atoms with E-state index in [1.807, 2.05) is 6.92 Å². The van der Waals surface area contributed by atoms with Gasteiger partial charge in [0.2, 0.25) is 0 Å². The van der Waals surface area contributed by atoms with Crippen molar-refractivity contribution in [2.45, 2.75) is 32.6 Å². The molecule has 7 heteroatoms. The van der Waals surface area contributed by atoms with Crippen molar-refractivity contribution in [2.75, 3.05) is 6.61 Å². The molecule has 0 aromatic heterocycles. The van der Waals surface area contributed by atoms with E-state index in [4.69, 9.17) is 39.5 Å². The van der Waals surface area contributed by atoms with Gasteiger partial charge in [-0.2, -0.15) is 5.10 Å². The van der Waals surface area contributed by atoms with Gasteiger partial charge in [0, 0.05) is 17.7 Å². The van der Waals surface area contributed by atoms with E-state index >= 15 is 0 Å². The first-order valence-corrected chi connectivity index (χ1v) is 9.17. The normalized spacial score (nSPS) is 25.8. The molecule has 0 saturated heterocycles. The minimum Gasteiger partial charge on any atom is -0.482 e. The van der Waals surface area contributed by atoms with Crippen molar-refractivity contribution in [3.63, 3.8) is 0 Å². The fourth-order valence-electron chi connectivity index (χ4n) is 3.78. The van der Waals surface area contributed by atoms with Gasteiger partial charge < -0.3 is 4.74 Å². The number of nitrogens with one attached hydrogen (secondary N) is 1. The second-order valence-electron chi connectivity index (χ2n) is 6.55. The summed E-state index contributed by atoms with van der Waals surface area (Å²) in [6.45, 7) is 1.80. The Labute approximate surface area is 156 Å². The predicted octanol–water partition coefficient (Wildman–Crippen LogP) is 4.95. The Hall–Kier alpha value is -0.970. The number of fused-ring (bicyclic) bond motifs is 2. The van der Waals surface area contributed by atoms with Crippen LogP contribution in [0.15, 0.2) is 17.2 Å². The van der Waals surface area contributed by atoms with Crippen LogP contribution in [0, 0.1) is 17.8 Å². The molecule has 4 nitrogen and oxygen atoms in total. The zero-order valence-corrected chi connectivity index (χ0v) is 15.6. The number of rotatable bonds is 5. The zero-order valence-electron chi connectivity index (χ0n) is 13.3. The lowest BCUT2D eigenvalue weighted by Crippen LogP contribution is -2.28. The molecular formula is C17H19Cl3N2O2. The third-order valence-electron chi connectivity index (χ3n) is 4.97. The molecule has 3 atom stereocenters. The van der Waals surface area contributed by atoms with Gasteiger partial charge in [0.1, 0.15) is 5.75 Å². The lowest BCUT2D eigenvalue weighted by Gasteiger charge is -2.21. The van der Waals surface area contributed by atoms with Gasteiger partial charge in [-0.3, -0.25) is 4.79 Å². The van der Waals surface area contributed by atoms with Gasteiger partial charge >= 0.3 is 0 Å². The van der Waals surface area contributed by atoms with E-state index in [-0.39, 0.29) is 12.5 Å². The van der Waals surface area contributed by atoms with E-state index < -0.39 is 0 Å². The maximum atomic E-state index is 11.9. The van der Waals surface area contributed by atoms with Gasteiger partial charge in [-0.05, 0) is 44.1 Å². The fraction of sp³-hybridized carbons (Fsp3) is 0.529. The monoisotopic (exact) mass is 388 g/mol. The molecule has 2 bridgehead atoms. The number of nitrogens with zero attached hydrogens (tertiary/aromatic N) is 1. The smallest absolute Gasteiger partial charge is 0.277 e. The molecule has 1 aromatic carbocycles. The van der Waals surface area contributed by atoms with Crippen molar-refractivity contribution in [1.29, 1.82) is 0 Å². The molecule has 2 aliphatic rings. The van der Waals surface area contributed by atoms with Crippen LogP contribution in [0.1, 0.15) is 32.6 Å². The number of carbonyl (C=O) groups excluding carboxylic acids is 1. The van der Waals surface area contributed by atoms with Crippen molar-refractivity contribution in [2.24, 2.45) is 22.9 Å². The van der Waals surface area contributed by atoms with Crippen LogP contribution in [-0.4, -0.2) is 18.2 Å². The van der Waals surface area contributed by atoms with Crippen molar-refractivity contribution >= 4 is 46.4 Å². The Morgan fingerprint density at radius 1 is 1.21 bits per heavy atom. The first-order chi connectivity index (χ1) is 11.4. The van der Waals surface area contributed by atoms with Crippen LogP contribution < -0.4 is 10.2 Å². The molecule has 3 unspecified atom stereocenters. The summed E-state index contributed by atoms with van der Waals surface area (Å²) in [5, 5.41) is 5.21. The second kappa shape index (κ2) is 7.51. The fourth-order valence-corrected chi connectivity index (χ4v) is 4.37. The topological polar surface area (TPSA) is 50.7 Å². The third kappa shape index (κ3) is 3.98. The second-order valence-corrected chi connectivity index (χ2v) is 7.78. The average molecular weight is 390 g/mol. The van der Waals surface area contributed by atoms with Crippen LogP contribution in [0.3, 0.4) is 0 Å². The van der Waals surface area contributed by atoms with E-state index in [1.165, 1.54) is 37.8 Å². The molecule has 0 aliphatic heterocycles. The van der Waals surface area contributed by atoms with E-state index in [0.717, 1.165) is 17.5 Å². The number of halogens is 3. The number of benzene rings is 1. The molecule has 0 heterocycles. The van der Waals surface area contributed by atoms with Crippen molar-refractivity contribution in [1.82, 2.24) is 5.43 Å². The molecule has 2 aliphatic carbocycles. The summed E-state index contributed by atoms with van der Waals surface area (Å²) in [5.74, 6) is 2.08. The van der Waals surface area contributed by atoms with Crippen molar-refractivity contribution in [3.05, 3.63) is 27.2 Å². The number of hydrogen-bond acceptors (Lipinski definition) is 3. The summed E-state index contributed by atoms with van der Waals surface area (Å²) >= 11 is 17.8.